The molecule has 0 radical (unpaired) electrons. The molecule has 1 amide bonds. The van der Waals surface area contributed by atoms with E-state index in [4.69, 9.17) is 10.6 Å². The number of likely N-dealkylation sites (N-methyl/N-ethyl adjacent to an activating group) is 1. The lowest BCUT2D eigenvalue weighted by Gasteiger charge is -2.21. The highest BCUT2D eigenvalue weighted by Gasteiger charge is 2.20. The summed E-state index contributed by atoms with van der Waals surface area (Å²) in [5.74, 6) is -1.24. The average Bonchev–Trinajstić information content (AvgIpc) is 2.26. The van der Waals surface area contributed by atoms with Gasteiger partial charge in [-0.1, -0.05) is 5.11 Å². The first kappa shape index (κ1) is 14.2. The maximum atomic E-state index is 11.5. The van der Waals surface area contributed by atoms with Gasteiger partial charge in [-0.15, -0.1) is 0 Å². The third kappa shape index (κ3) is 5.21. The molecule has 1 atom stereocenters. The summed E-state index contributed by atoms with van der Waals surface area (Å²) in [5.41, 5.74) is 8.01. The molecule has 0 unspecified atom stereocenters. The molecule has 0 fully saturated rings. The predicted molar refractivity (Wildman–Crippen MR) is 57.7 cm³/mol. The Bertz CT molecular complexity index is 299. The number of carbonyl (C=O) groups is 2. The van der Waals surface area contributed by atoms with Crippen molar-refractivity contribution in [3.05, 3.63) is 10.4 Å². The van der Waals surface area contributed by atoms with Crippen molar-refractivity contribution in [2.24, 2.45) is 5.11 Å². The highest BCUT2D eigenvalue weighted by molar-refractivity contribution is 5.83. The first-order chi connectivity index (χ1) is 7.50. The standard InChI is InChI=1S/C9H16N4O3/c1-7(9(15)16)13(2)8(14)5-3-4-6-11-12-10/h7H,3-6H2,1-2H3,(H,15,16)/t7-/m0/s1. The van der Waals surface area contributed by atoms with Crippen molar-refractivity contribution in [2.45, 2.75) is 32.2 Å². The second-order valence-electron chi connectivity index (χ2n) is 3.43. The van der Waals surface area contributed by atoms with Crippen molar-refractivity contribution in [3.63, 3.8) is 0 Å². The van der Waals surface area contributed by atoms with Crippen LogP contribution in [0.15, 0.2) is 5.11 Å². The zero-order valence-electron chi connectivity index (χ0n) is 9.46. The lowest BCUT2D eigenvalue weighted by molar-refractivity contribution is -0.148. The minimum Gasteiger partial charge on any atom is -0.480 e. The largest absolute Gasteiger partial charge is 0.480 e. The third-order valence-electron chi connectivity index (χ3n) is 2.29. The van der Waals surface area contributed by atoms with Crippen molar-refractivity contribution in [1.29, 1.82) is 0 Å². The van der Waals surface area contributed by atoms with Gasteiger partial charge in [0.05, 0.1) is 0 Å². The summed E-state index contributed by atoms with van der Waals surface area (Å²) in [4.78, 5) is 25.9. The molecule has 7 heteroatoms. The van der Waals surface area contributed by atoms with Gasteiger partial charge in [0.25, 0.3) is 0 Å². The van der Waals surface area contributed by atoms with E-state index in [1.165, 1.54) is 18.9 Å². The quantitative estimate of drug-likeness (QED) is 0.308. The summed E-state index contributed by atoms with van der Waals surface area (Å²) >= 11 is 0. The predicted octanol–water partition coefficient (Wildman–Crippen LogP) is 1.40. The maximum absolute atomic E-state index is 11.5. The van der Waals surface area contributed by atoms with Crippen LogP contribution in [-0.2, 0) is 9.59 Å². The average molecular weight is 228 g/mol. The van der Waals surface area contributed by atoms with Crippen LogP contribution in [0, 0.1) is 0 Å². The van der Waals surface area contributed by atoms with E-state index in [-0.39, 0.29) is 12.3 Å². The number of unbranched alkanes of at least 4 members (excludes halogenated alkanes) is 1. The Labute approximate surface area is 93.7 Å². The van der Waals surface area contributed by atoms with Crippen LogP contribution >= 0.6 is 0 Å². The van der Waals surface area contributed by atoms with E-state index in [0.717, 1.165) is 0 Å². The monoisotopic (exact) mass is 228 g/mol. The third-order valence-corrected chi connectivity index (χ3v) is 2.29. The molecular weight excluding hydrogens is 212 g/mol. The molecule has 0 saturated carbocycles. The first-order valence-corrected chi connectivity index (χ1v) is 5.00. The number of amides is 1. The van der Waals surface area contributed by atoms with Gasteiger partial charge < -0.3 is 10.0 Å². The topological polar surface area (TPSA) is 106 Å². The van der Waals surface area contributed by atoms with E-state index >= 15 is 0 Å². The van der Waals surface area contributed by atoms with E-state index in [2.05, 4.69) is 10.0 Å². The Morgan fingerprint density at radius 2 is 2.12 bits per heavy atom. The molecule has 90 valence electrons. The number of azide groups is 1. The lowest BCUT2D eigenvalue weighted by atomic mass is 10.2. The van der Waals surface area contributed by atoms with Gasteiger partial charge in [-0.05, 0) is 25.3 Å². The van der Waals surface area contributed by atoms with E-state index in [1.54, 1.807) is 0 Å². The molecule has 0 aromatic rings. The fraction of sp³-hybridized carbons (Fsp3) is 0.778. The van der Waals surface area contributed by atoms with E-state index in [1.807, 2.05) is 0 Å². The van der Waals surface area contributed by atoms with Crippen LogP contribution in [0.3, 0.4) is 0 Å². The summed E-state index contributed by atoms with van der Waals surface area (Å²) < 4.78 is 0. The van der Waals surface area contributed by atoms with Crippen LogP contribution in [0.5, 0.6) is 0 Å². The Morgan fingerprint density at radius 3 is 2.62 bits per heavy atom. The van der Waals surface area contributed by atoms with Crippen LogP contribution in [0.4, 0.5) is 0 Å². The van der Waals surface area contributed by atoms with Gasteiger partial charge in [0.2, 0.25) is 5.91 Å². The van der Waals surface area contributed by atoms with Crippen molar-refractivity contribution in [1.82, 2.24) is 4.90 Å². The van der Waals surface area contributed by atoms with Crippen LogP contribution in [0.1, 0.15) is 26.2 Å². The molecule has 0 bridgehead atoms. The van der Waals surface area contributed by atoms with Crippen molar-refractivity contribution >= 4 is 11.9 Å². The van der Waals surface area contributed by atoms with E-state index in [0.29, 0.717) is 19.4 Å². The summed E-state index contributed by atoms with van der Waals surface area (Å²) in [6.45, 7) is 1.82. The van der Waals surface area contributed by atoms with Crippen molar-refractivity contribution < 1.29 is 14.7 Å². The molecule has 0 heterocycles. The zero-order chi connectivity index (χ0) is 12.6. The Kier molecular flexibility index (Phi) is 6.71. The molecule has 0 aliphatic rings. The number of hydrogen-bond acceptors (Lipinski definition) is 3. The minimum absolute atomic E-state index is 0.212. The molecule has 7 nitrogen and oxygen atoms in total. The van der Waals surface area contributed by atoms with E-state index in [9.17, 15) is 9.59 Å². The number of hydrogen-bond donors (Lipinski definition) is 1. The molecule has 0 aromatic heterocycles. The highest BCUT2D eigenvalue weighted by Crippen LogP contribution is 2.03. The van der Waals surface area contributed by atoms with Gasteiger partial charge in [-0.25, -0.2) is 4.79 Å². The summed E-state index contributed by atoms with van der Waals surface area (Å²) in [6.07, 6.45) is 1.49. The minimum atomic E-state index is -1.02. The number of carboxylic acid groups (broad SMARTS) is 1. The van der Waals surface area contributed by atoms with Crippen LogP contribution in [-0.4, -0.2) is 41.5 Å². The molecular formula is C9H16N4O3. The van der Waals surface area contributed by atoms with Gasteiger partial charge in [0.15, 0.2) is 0 Å². The second kappa shape index (κ2) is 7.53. The number of aliphatic carboxylic acids is 1. The van der Waals surface area contributed by atoms with Gasteiger partial charge in [-0.2, -0.15) is 0 Å². The summed E-state index contributed by atoms with van der Waals surface area (Å²) in [6, 6.07) is -0.815. The normalized spacial score (nSPS) is 11.4. The van der Waals surface area contributed by atoms with Gasteiger partial charge in [0.1, 0.15) is 6.04 Å². The van der Waals surface area contributed by atoms with Gasteiger partial charge in [0, 0.05) is 24.9 Å². The van der Waals surface area contributed by atoms with Crippen LogP contribution < -0.4 is 0 Å². The SMILES string of the molecule is C[C@@H](C(=O)O)N(C)C(=O)CCCCN=[N+]=[N-]. The van der Waals surface area contributed by atoms with Crippen molar-refractivity contribution in [2.75, 3.05) is 13.6 Å². The Hall–Kier alpha value is -1.75. The molecule has 0 aromatic carbocycles. The molecule has 0 aliphatic carbocycles. The first-order valence-electron chi connectivity index (χ1n) is 5.00. The molecule has 1 N–H and O–H groups in total. The van der Waals surface area contributed by atoms with Crippen LogP contribution in [0.2, 0.25) is 0 Å². The number of rotatable bonds is 7. The van der Waals surface area contributed by atoms with Gasteiger partial charge in [-0.3, -0.25) is 4.79 Å². The van der Waals surface area contributed by atoms with Crippen molar-refractivity contribution in [3.8, 4) is 0 Å². The lowest BCUT2D eigenvalue weighted by Crippen LogP contribution is -2.40. The zero-order valence-corrected chi connectivity index (χ0v) is 9.46. The Morgan fingerprint density at radius 1 is 1.50 bits per heavy atom. The summed E-state index contributed by atoms with van der Waals surface area (Å²) in [5, 5.41) is 12.0. The summed E-state index contributed by atoms with van der Waals surface area (Å²) in [7, 11) is 1.47. The fourth-order valence-electron chi connectivity index (χ4n) is 1.06. The number of nitrogens with zero attached hydrogens (tertiary/aromatic N) is 4. The molecule has 0 saturated heterocycles. The molecule has 0 aliphatic heterocycles. The maximum Gasteiger partial charge on any atom is 0.326 e. The fourth-order valence-corrected chi connectivity index (χ4v) is 1.06. The molecule has 0 rings (SSSR count). The molecule has 16 heavy (non-hydrogen) atoms. The number of carbonyl (C=O) groups excluding carboxylic acids is 1. The molecule has 0 spiro atoms. The van der Waals surface area contributed by atoms with Crippen LogP contribution in [0.25, 0.3) is 10.4 Å². The Balaban J connectivity index is 3.88. The second-order valence-corrected chi connectivity index (χ2v) is 3.43. The number of carboxylic acids is 1. The highest BCUT2D eigenvalue weighted by atomic mass is 16.4. The van der Waals surface area contributed by atoms with Gasteiger partial charge >= 0.3 is 5.97 Å². The van der Waals surface area contributed by atoms with E-state index < -0.39 is 12.0 Å². The smallest absolute Gasteiger partial charge is 0.326 e.